The minimum absolute atomic E-state index is 0.0328. The lowest BCUT2D eigenvalue weighted by molar-refractivity contribution is 0.0937. The number of benzene rings is 1. The molecule has 0 aliphatic carbocycles. The molecule has 0 aromatic heterocycles. The second-order valence-electron chi connectivity index (χ2n) is 5.09. The second kappa shape index (κ2) is 7.06. The quantitative estimate of drug-likeness (QED) is 0.923. The molecule has 1 saturated heterocycles. The van der Waals surface area contributed by atoms with Gasteiger partial charge in [0.2, 0.25) is 0 Å². The zero-order valence-corrected chi connectivity index (χ0v) is 12.9. The summed E-state index contributed by atoms with van der Waals surface area (Å²) in [5, 5.41) is 3.05. The number of carbonyl (C=O) groups excluding carboxylic acids is 1. The lowest BCUT2D eigenvalue weighted by Gasteiger charge is -2.31. The highest BCUT2D eigenvalue weighted by Crippen LogP contribution is 2.16. The number of carbonyl (C=O) groups is 1. The monoisotopic (exact) mass is 324 g/mol. The lowest BCUT2D eigenvalue weighted by atomic mass is 9.97. The molecule has 3 nitrogen and oxygen atoms in total. The number of halogens is 1. The number of hydrogen-bond donors (Lipinski definition) is 1. The molecule has 1 aromatic carbocycles. The van der Waals surface area contributed by atoms with E-state index in [1.54, 1.807) is 0 Å². The molecule has 1 heterocycles. The van der Waals surface area contributed by atoms with Crippen LogP contribution >= 0.6 is 15.9 Å². The second-order valence-corrected chi connectivity index (χ2v) is 6.01. The Balaban J connectivity index is 1.76. The third-order valence-corrected chi connectivity index (χ3v) is 4.34. The first-order valence-electron chi connectivity index (χ1n) is 6.95. The zero-order chi connectivity index (χ0) is 13.7. The third kappa shape index (κ3) is 4.32. The smallest absolute Gasteiger partial charge is 0.251 e. The minimum Gasteiger partial charge on any atom is -0.352 e. The van der Waals surface area contributed by atoms with Crippen molar-refractivity contribution in [3.05, 3.63) is 34.3 Å². The number of amides is 1. The molecule has 1 aliphatic heterocycles. The predicted octanol–water partition coefficient (Wildman–Crippen LogP) is 2.91. The van der Waals surface area contributed by atoms with Gasteiger partial charge in [-0.3, -0.25) is 4.79 Å². The molecule has 0 unspecified atom stereocenters. The van der Waals surface area contributed by atoms with Gasteiger partial charge in [0.25, 0.3) is 5.91 Å². The van der Waals surface area contributed by atoms with E-state index in [-0.39, 0.29) is 5.91 Å². The number of likely N-dealkylation sites (tertiary alicyclic amines) is 1. The highest BCUT2D eigenvalue weighted by atomic mass is 79.9. The SMILES string of the molecule is CCN1CCC(CNC(=O)c2ccc(Br)cc2)CC1. The molecule has 19 heavy (non-hydrogen) atoms. The Hall–Kier alpha value is -0.870. The van der Waals surface area contributed by atoms with Crippen LogP contribution in [0.15, 0.2) is 28.7 Å². The summed E-state index contributed by atoms with van der Waals surface area (Å²) in [7, 11) is 0. The average molecular weight is 325 g/mol. The van der Waals surface area contributed by atoms with Crippen molar-refractivity contribution < 1.29 is 4.79 Å². The summed E-state index contributed by atoms with van der Waals surface area (Å²) >= 11 is 3.37. The molecule has 2 rings (SSSR count). The number of nitrogens with one attached hydrogen (secondary N) is 1. The van der Waals surface area contributed by atoms with E-state index in [2.05, 4.69) is 33.1 Å². The molecule has 1 N–H and O–H groups in total. The van der Waals surface area contributed by atoms with Crippen LogP contribution in [0, 0.1) is 5.92 Å². The van der Waals surface area contributed by atoms with E-state index in [9.17, 15) is 4.79 Å². The van der Waals surface area contributed by atoms with Gasteiger partial charge in [-0.2, -0.15) is 0 Å². The average Bonchev–Trinajstić information content (AvgIpc) is 2.46. The fourth-order valence-electron chi connectivity index (χ4n) is 2.45. The number of rotatable bonds is 4. The predicted molar refractivity (Wildman–Crippen MR) is 81.3 cm³/mol. The lowest BCUT2D eigenvalue weighted by Crippen LogP contribution is -2.38. The maximum atomic E-state index is 12.0. The van der Waals surface area contributed by atoms with Crippen LogP contribution in [-0.4, -0.2) is 37.0 Å². The number of piperidine rings is 1. The Morgan fingerprint density at radius 1 is 1.32 bits per heavy atom. The van der Waals surface area contributed by atoms with Crippen molar-refractivity contribution in [1.29, 1.82) is 0 Å². The van der Waals surface area contributed by atoms with Gasteiger partial charge in [-0.1, -0.05) is 22.9 Å². The largest absolute Gasteiger partial charge is 0.352 e. The summed E-state index contributed by atoms with van der Waals surface area (Å²) in [4.78, 5) is 14.4. The van der Waals surface area contributed by atoms with Crippen LogP contribution in [0.25, 0.3) is 0 Å². The van der Waals surface area contributed by atoms with Gasteiger partial charge in [-0.05, 0) is 62.7 Å². The molecule has 1 aromatic rings. The van der Waals surface area contributed by atoms with Crippen molar-refractivity contribution in [2.75, 3.05) is 26.2 Å². The van der Waals surface area contributed by atoms with Crippen LogP contribution in [0.5, 0.6) is 0 Å². The molecule has 0 saturated carbocycles. The van der Waals surface area contributed by atoms with Gasteiger partial charge in [-0.25, -0.2) is 0 Å². The van der Waals surface area contributed by atoms with Crippen LogP contribution in [-0.2, 0) is 0 Å². The molecule has 104 valence electrons. The molecule has 0 radical (unpaired) electrons. The van der Waals surface area contributed by atoms with Crippen molar-refractivity contribution in [1.82, 2.24) is 10.2 Å². The first kappa shape index (κ1) is 14.5. The van der Waals surface area contributed by atoms with Crippen LogP contribution in [0.2, 0.25) is 0 Å². The molecule has 1 aliphatic rings. The van der Waals surface area contributed by atoms with Gasteiger partial charge < -0.3 is 10.2 Å². The minimum atomic E-state index is 0.0328. The van der Waals surface area contributed by atoms with E-state index >= 15 is 0 Å². The van der Waals surface area contributed by atoms with Crippen LogP contribution in [0.3, 0.4) is 0 Å². The Morgan fingerprint density at radius 3 is 2.53 bits per heavy atom. The fraction of sp³-hybridized carbons (Fsp3) is 0.533. The molecule has 0 atom stereocenters. The molecular weight excluding hydrogens is 304 g/mol. The van der Waals surface area contributed by atoms with Crippen molar-refractivity contribution in [3.8, 4) is 0 Å². The highest BCUT2D eigenvalue weighted by molar-refractivity contribution is 9.10. The van der Waals surface area contributed by atoms with E-state index in [0.29, 0.717) is 5.92 Å². The molecule has 1 fully saturated rings. The summed E-state index contributed by atoms with van der Waals surface area (Å²) in [6.45, 7) is 6.46. The summed E-state index contributed by atoms with van der Waals surface area (Å²) in [6, 6.07) is 7.49. The number of nitrogens with zero attached hydrogens (tertiary/aromatic N) is 1. The Kier molecular flexibility index (Phi) is 5.40. The van der Waals surface area contributed by atoms with E-state index in [1.165, 1.54) is 12.8 Å². The van der Waals surface area contributed by atoms with Crippen molar-refractivity contribution in [2.24, 2.45) is 5.92 Å². The first-order valence-corrected chi connectivity index (χ1v) is 7.74. The van der Waals surface area contributed by atoms with Gasteiger partial charge in [0, 0.05) is 16.6 Å². The standard InChI is InChI=1S/C15H21BrN2O/c1-2-18-9-7-12(8-10-18)11-17-15(19)13-3-5-14(16)6-4-13/h3-6,12H,2,7-11H2,1H3,(H,17,19). The van der Waals surface area contributed by atoms with Crippen LogP contribution < -0.4 is 5.32 Å². The van der Waals surface area contributed by atoms with Gasteiger partial charge >= 0.3 is 0 Å². The maximum Gasteiger partial charge on any atom is 0.251 e. The Bertz CT molecular complexity index is 411. The highest BCUT2D eigenvalue weighted by Gasteiger charge is 2.18. The van der Waals surface area contributed by atoms with Crippen LogP contribution in [0.1, 0.15) is 30.1 Å². The molecule has 1 amide bonds. The summed E-state index contributed by atoms with van der Waals surface area (Å²) in [6.07, 6.45) is 2.38. The zero-order valence-electron chi connectivity index (χ0n) is 11.4. The Labute approximate surface area is 123 Å². The molecular formula is C15H21BrN2O. The van der Waals surface area contributed by atoms with E-state index < -0.39 is 0 Å². The summed E-state index contributed by atoms with van der Waals surface area (Å²) < 4.78 is 0.996. The molecule has 4 heteroatoms. The van der Waals surface area contributed by atoms with E-state index in [0.717, 1.165) is 36.2 Å². The van der Waals surface area contributed by atoms with Crippen molar-refractivity contribution in [2.45, 2.75) is 19.8 Å². The third-order valence-electron chi connectivity index (χ3n) is 3.81. The topological polar surface area (TPSA) is 32.3 Å². The van der Waals surface area contributed by atoms with Crippen molar-refractivity contribution in [3.63, 3.8) is 0 Å². The van der Waals surface area contributed by atoms with Crippen molar-refractivity contribution >= 4 is 21.8 Å². The molecule has 0 spiro atoms. The maximum absolute atomic E-state index is 12.0. The van der Waals surface area contributed by atoms with E-state index in [4.69, 9.17) is 0 Å². The fourth-order valence-corrected chi connectivity index (χ4v) is 2.71. The van der Waals surface area contributed by atoms with Gasteiger partial charge in [0.15, 0.2) is 0 Å². The summed E-state index contributed by atoms with van der Waals surface area (Å²) in [5.74, 6) is 0.660. The number of hydrogen-bond acceptors (Lipinski definition) is 2. The normalized spacial score (nSPS) is 17.4. The first-order chi connectivity index (χ1) is 9.19. The van der Waals surface area contributed by atoms with Gasteiger partial charge in [-0.15, -0.1) is 0 Å². The van der Waals surface area contributed by atoms with Crippen LogP contribution in [0.4, 0.5) is 0 Å². The van der Waals surface area contributed by atoms with Gasteiger partial charge in [0.05, 0.1) is 0 Å². The summed E-state index contributed by atoms with van der Waals surface area (Å²) in [5.41, 5.74) is 0.731. The molecule has 0 bridgehead atoms. The van der Waals surface area contributed by atoms with Gasteiger partial charge in [0.1, 0.15) is 0 Å². The van der Waals surface area contributed by atoms with E-state index in [1.807, 2.05) is 24.3 Å². The Morgan fingerprint density at radius 2 is 1.95 bits per heavy atom.